The summed E-state index contributed by atoms with van der Waals surface area (Å²) >= 11 is 0. The van der Waals surface area contributed by atoms with Gasteiger partial charge in [-0.25, -0.2) is 4.68 Å². The van der Waals surface area contributed by atoms with Gasteiger partial charge in [0.05, 0.1) is 11.6 Å². The maximum atomic E-state index is 13.5. The molecule has 3 heterocycles. The Balaban J connectivity index is 1.72. The van der Waals surface area contributed by atoms with Gasteiger partial charge < -0.3 is 16.0 Å². The Bertz CT molecular complexity index is 936. The van der Waals surface area contributed by atoms with E-state index in [1.165, 1.54) is 12.2 Å². The van der Waals surface area contributed by atoms with Crippen LogP contribution in [0, 0.1) is 5.92 Å². The molecule has 1 fully saturated rings. The van der Waals surface area contributed by atoms with Crippen LogP contribution in [0.4, 0.5) is 13.2 Å². The molecular weight excluding hydrogens is 423 g/mol. The molecular formula is C21H26F3N7O. The SMILES string of the molecule is C=C/C=C(\N=N/Cn1nc(C2=CC=CNC2)cc1C(F)(F)F)NC(=O)C1CCCCNC1. The molecule has 0 aliphatic carbocycles. The number of aromatic nitrogens is 2. The molecule has 1 aromatic rings. The van der Waals surface area contributed by atoms with Crippen molar-refractivity contribution in [2.45, 2.75) is 32.1 Å². The Kier molecular flexibility index (Phi) is 7.98. The van der Waals surface area contributed by atoms with E-state index in [9.17, 15) is 18.0 Å². The number of nitrogens with one attached hydrogen (secondary N) is 3. The van der Waals surface area contributed by atoms with Crippen LogP contribution in [0.2, 0.25) is 0 Å². The second kappa shape index (κ2) is 10.9. The standard InChI is InChI=1S/C21H26F3N7O/c1-2-6-19(28-20(32)16-7-3-4-9-25-13-16)29-27-14-31-18(21(22,23)24)11-17(30-31)15-8-5-10-26-12-15/h2,5-6,8,10-11,16,25-26H,1,3-4,7,9,12-14H2,(H,28,32)/b19-6-,29-27-. The van der Waals surface area contributed by atoms with E-state index >= 15 is 0 Å². The molecule has 0 bridgehead atoms. The van der Waals surface area contributed by atoms with Crippen LogP contribution >= 0.6 is 0 Å². The van der Waals surface area contributed by atoms with Gasteiger partial charge in [0.1, 0.15) is 5.69 Å². The number of allylic oxidation sites excluding steroid dienone is 4. The highest BCUT2D eigenvalue weighted by atomic mass is 19.4. The van der Waals surface area contributed by atoms with Crippen molar-refractivity contribution >= 4 is 11.5 Å². The number of amides is 1. The van der Waals surface area contributed by atoms with Crippen LogP contribution in [0.25, 0.3) is 5.57 Å². The van der Waals surface area contributed by atoms with Gasteiger partial charge >= 0.3 is 6.18 Å². The van der Waals surface area contributed by atoms with Gasteiger partial charge in [-0.2, -0.15) is 23.4 Å². The van der Waals surface area contributed by atoms with E-state index in [0.29, 0.717) is 18.7 Å². The molecule has 11 heteroatoms. The maximum Gasteiger partial charge on any atom is 0.433 e. The Morgan fingerprint density at radius 2 is 2.25 bits per heavy atom. The summed E-state index contributed by atoms with van der Waals surface area (Å²) in [4.78, 5) is 12.5. The third-order valence-corrected chi connectivity index (χ3v) is 5.02. The normalized spacial score (nSPS) is 19.9. The van der Waals surface area contributed by atoms with Gasteiger partial charge in [-0.3, -0.25) is 4.79 Å². The number of carbonyl (C=O) groups is 1. The van der Waals surface area contributed by atoms with Crippen LogP contribution in [0.3, 0.4) is 0 Å². The van der Waals surface area contributed by atoms with Crippen molar-refractivity contribution < 1.29 is 18.0 Å². The summed E-state index contributed by atoms with van der Waals surface area (Å²) < 4.78 is 41.2. The first-order valence-electron chi connectivity index (χ1n) is 10.3. The van der Waals surface area contributed by atoms with E-state index in [-0.39, 0.29) is 23.3 Å². The molecule has 0 saturated carbocycles. The molecule has 1 amide bonds. The van der Waals surface area contributed by atoms with Gasteiger partial charge in [-0.05, 0) is 49.4 Å². The molecule has 1 saturated heterocycles. The van der Waals surface area contributed by atoms with Crippen LogP contribution in [-0.2, 0) is 17.6 Å². The van der Waals surface area contributed by atoms with Gasteiger partial charge in [0.2, 0.25) is 5.91 Å². The molecule has 1 atom stereocenters. The lowest BCUT2D eigenvalue weighted by Gasteiger charge is -2.14. The molecule has 3 rings (SSSR count). The number of halogens is 3. The van der Waals surface area contributed by atoms with Crippen molar-refractivity contribution in [3.8, 4) is 0 Å². The van der Waals surface area contributed by atoms with E-state index in [4.69, 9.17) is 0 Å². The van der Waals surface area contributed by atoms with Gasteiger partial charge in [0, 0.05) is 13.1 Å². The summed E-state index contributed by atoms with van der Waals surface area (Å²) in [6.45, 7) is 4.93. The van der Waals surface area contributed by atoms with Crippen molar-refractivity contribution in [1.82, 2.24) is 25.7 Å². The lowest BCUT2D eigenvalue weighted by molar-refractivity contribution is -0.144. The average molecular weight is 449 g/mol. The second-order valence-electron chi connectivity index (χ2n) is 7.40. The smallest absolute Gasteiger partial charge is 0.387 e. The van der Waals surface area contributed by atoms with Crippen molar-refractivity contribution in [3.05, 3.63) is 60.4 Å². The molecule has 3 N–H and O–H groups in total. The fourth-order valence-electron chi connectivity index (χ4n) is 3.40. The number of hydrogen-bond donors (Lipinski definition) is 3. The first-order valence-corrected chi connectivity index (χ1v) is 10.3. The molecule has 2 aliphatic rings. The topological polar surface area (TPSA) is 95.7 Å². The molecule has 2 aliphatic heterocycles. The number of carbonyl (C=O) groups excluding carboxylic acids is 1. The third-order valence-electron chi connectivity index (χ3n) is 5.02. The van der Waals surface area contributed by atoms with Crippen LogP contribution in [-0.4, -0.2) is 35.3 Å². The molecule has 32 heavy (non-hydrogen) atoms. The zero-order valence-electron chi connectivity index (χ0n) is 17.5. The Hall–Kier alpha value is -3.21. The van der Waals surface area contributed by atoms with Gasteiger partial charge in [0.25, 0.3) is 0 Å². The third kappa shape index (κ3) is 6.39. The van der Waals surface area contributed by atoms with Gasteiger partial charge in [0.15, 0.2) is 12.5 Å². The van der Waals surface area contributed by atoms with E-state index in [1.807, 2.05) is 0 Å². The highest BCUT2D eigenvalue weighted by Crippen LogP contribution is 2.31. The molecule has 1 unspecified atom stereocenters. The fraction of sp³-hybridized carbons (Fsp3) is 0.429. The molecule has 0 radical (unpaired) electrons. The van der Waals surface area contributed by atoms with Crippen molar-refractivity contribution in [2.75, 3.05) is 19.6 Å². The van der Waals surface area contributed by atoms with E-state index in [2.05, 4.69) is 37.9 Å². The molecule has 0 aromatic carbocycles. The quantitative estimate of drug-likeness (QED) is 0.440. The van der Waals surface area contributed by atoms with Crippen molar-refractivity contribution in [1.29, 1.82) is 0 Å². The Morgan fingerprint density at radius 3 is 2.97 bits per heavy atom. The second-order valence-corrected chi connectivity index (χ2v) is 7.40. The number of azo groups is 1. The van der Waals surface area contributed by atoms with E-state index < -0.39 is 18.5 Å². The predicted octanol–water partition coefficient (Wildman–Crippen LogP) is 3.35. The Morgan fingerprint density at radius 1 is 1.41 bits per heavy atom. The first-order chi connectivity index (χ1) is 15.4. The molecule has 172 valence electrons. The predicted molar refractivity (Wildman–Crippen MR) is 114 cm³/mol. The van der Waals surface area contributed by atoms with Gasteiger partial charge in [-0.15, -0.1) is 5.11 Å². The fourth-order valence-corrected chi connectivity index (χ4v) is 3.40. The number of hydrogen-bond acceptors (Lipinski definition) is 6. The number of rotatable bonds is 7. The summed E-state index contributed by atoms with van der Waals surface area (Å²) in [5, 5.41) is 20.6. The summed E-state index contributed by atoms with van der Waals surface area (Å²) in [5.74, 6) is -0.314. The summed E-state index contributed by atoms with van der Waals surface area (Å²) in [5.41, 5.74) is -0.0877. The minimum absolute atomic E-state index is 0.111. The first kappa shape index (κ1) is 23.5. The lowest BCUT2D eigenvalue weighted by atomic mass is 10.0. The highest BCUT2D eigenvalue weighted by molar-refractivity contribution is 5.80. The van der Waals surface area contributed by atoms with Gasteiger partial charge in [-0.1, -0.05) is 25.2 Å². The summed E-state index contributed by atoms with van der Waals surface area (Å²) in [7, 11) is 0. The van der Waals surface area contributed by atoms with Crippen molar-refractivity contribution in [3.63, 3.8) is 0 Å². The molecule has 8 nitrogen and oxygen atoms in total. The highest BCUT2D eigenvalue weighted by Gasteiger charge is 2.36. The average Bonchev–Trinajstić information content (AvgIpc) is 3.01. The van der Waals surface area contributed by atoms with Crippen molar-refractivity contribution in [2.24, 2.45) is 16.1 Å². The minimum atomic E-state index is -4.60. The number of dihydropyridines is 1. The van der Waals surface area contributed by atoms with Crippen LogP contribution < -0.4 is 16.0 Å². The number of alkyl halides is 3. The maximum absolute atomic E-state index is 13.5. The summed E-state index contributed by atoms with van der Waals surface area (Å²) in [6.07, 6.45) is 6.07. The lowest BCUT2D eigenvalue weighted by Crippen LogP contribution is -2.35. The summed E-state index contributed by atoms with van der Waals surface area (Å²) in [6, 6.07) is 0.990. The monoisotopic (exact) mass is 449 g/mol. The van der Waals surface area contributed by atoms with Crippen LogP contribution in [0.1, 0.15) is 30.7 Å². The number of nitrogens with zero attached hydrogens (tertiary/aromatic N) is 4. The largest absolute Gasteiger partial charge is 0.433 e. The van der Waals surface area contributed by atoms with E-state index in [1.54, 1.807) is 18.4 Å². The van der Waals surface area contributed by atoms with Crippen LogP contribution in [0.5, 0.6) is 0 Å². The zero-order valence-corrected chi connectivity index (χ0v) is 17.5. The van der Waals surface area contributed by atoms with E-state index in [0.717, 1.165) is 36.6 Å². The van der Waals surface area contributed by atoms with Crippen LogP contribution in [0.15, 0.2) is 59.2 Å². The molecule has 0 spiro atoms. The Labute approximate surface area is 184 Å². The minimum Gasteiger partial charge on any atom is -0.387 e. The molecule has 1 aromatic heterocycles. The zero-order chi connectivity index (χ0) is 23.0.